The molecule has 0 saturated heterocycles. The summed E-state index contributed by atoms with van der Waals surface area (Å²) in [5.41, 5.74) is 2.52. The van der Waals surface area contributed by atoms with Gasteiger partial charge in [-0.1, -0.05) is 12.1 Å². The Hall–Kier alpha value is -2.78. The fraction of sp³-hybridized carbons (Fsp3) is 0.111. The van der Waals surface area contributed by atoms with Crippen LogP contribution < -0.4 is 15.6 Å². The van der Waals surface area contributed by atoms with Crippen LogP contribution in [0.3, 0.4) is 0 Å². The third-order valence-corrected chi connectivity index (χ3v) is 4.37. The largest absolute Gasteiger partial charge is 0.495 e. The first kappa shape index (κ1) is 16.1. The van der Waals surface area contributed by atoms with E-state index < -0.39 is 0 Å². The number of fused-ring (bicyclic) bond motifs is 1. The van der Waals surface area contributed by atoms with Gasteiger partial charge in [0.2, 0.25) is 0 Å². The average Bonchev–Trinajstić information content (AvgIpc) is 2.60. The molecule has 0 amide bonds. The second-order valence-corrected chi connectivity index (χ2v) is 6.06. The van der Waals surface area contributed by atoms with Gasteiger partial charge in [-0.2, -0.15) is 5.26 Å². The molecule has 0 atom stereocenters. The number of hydrogen-bond donors (Lipinski definition) is 2. The molecular weight excluding hydrogens is 370 g/mol. The molecule has 0 unspecified atom stereocenters. The van der Waals surface area contributed by atoms with Crippen LogP contribution in [-0.4, -0.2) is 12.1 Å². The molecule has 0 fully saturated rings. The number of nitriles is 1. The predicted octanol–water partition coefficient (Wildman–Crippen LogP) is 3.78. The molecule has 0 aliphatic heterocycles. The molecule has 6 heteroatoms. The molecule has 2 aromatic carbocycles. The SMILES string of the molecule is COc1cc(NCc2cc3cccc(Br)c3[nH]c2=O)ccc1C#N. The van der Waals surface area contributed by atoms with Gasteiger partial charge in [-0.25, -0.2) is 0 Å². The number of rotatable bonds is 4. The first-order chi connectivity index (χ1) is 11.6. The van der Waals surface area contributed by atoms with Crippen LogP contribution in [0.15, 0.2) is 51.7 Å². The molecule has 24 heavy (non-hydrogen) atoms. The number of methoxy groups -OCH3 is 1. The van der Waals surface area contributed by atoms with E-state index in [1.165, 1.54) is 7.11 Å². The van der Waals surface area contributed by atoms with Gasteiger partial charge in [0.1, 0.15) is 11.8 Å². The number of halogens is 1. The number of anilines is 1. The van der Waals surface area contributed by atoms with Crippen LogP contribution in [0.25, 0.3) is 10.9 Å². The third-order valence-electron chi connectivity index (χ3n) is 3.71. The van der Waals surface area contributed by atoms with Gasteiger partial charge >= 0.3 is 0 Å². The van der Waals surface area contributed by atoms with E-state index in [2.05, 4.69) is 32.3 Å². The summed E-state index contributed by atoms with van der Waals surface area (Å²) in [6.45, 7) is 0.368. The van der Waals surface area contributed by atoms with Gasteiger partial charge in [-0.15, -0.1) is 0 Å². The quantitative estimate of drug-likeness (QED) is 0.718. The van der Waals surface area contributed by atoms with E-state index in [1.807, 2.05) is 24.3 Å². The highest BCUT2D eigenvalue weighted by Gasteiger charge is 2.07. The fourth-order valence-corrected chi connectivity index (χ4v) is 2.94. The van der Waals surface area contributed by atoms with Crippen molar-refractivity contribution in [2.75, 3.05) is 12.4 Å². The Bertz CT molecular complexity index is 1010. The van der Waals surface area contributed by atoms with E-state index in [9.17, 15) is 4.79 Å². The number of aromatic amines is 1. The minimum absolute atomic E-state index is 0.137. The zero-order chi connectivity index (χ0) is 17.1. The molecule has 0 saturated carbocycles. The van der Waals surface area contributed by atoms with Crippen molar-refractivity contribution in [2.45, 2.75) is 6.54 Å². The topological polar surface area (TPSA) is 77.9 Å². The monoisotopic (exact) mass is 383 g/mol. The zero-order valence-corrected chi connectivity index (χ0v) is 14.5. The van der Waals surface area contributed by atoms with Crippen molar-refractivity contribution in [2.24, 2.45) is 0 Å². The summed E-state index contributed by atoms with van der Waals surface area (Å²) >= 11 is 3.43. The van der Waals surface area contributed by atoms with Crippen molar-refractivity contribution in [1.82, 2.24) is 4.98 Å². The Morgan fingerprint density at radius 1 is 1.29 bits per heavy atom. The Morgan fingerprint density at radius 3 is 2.88 bits per heavy atom. The van der Waals surface area contributed by atoms with Gasteiger partial charge in [0.05, 0.1) is 18.2 Å². The number of para-hydroxylation sites is 1. The number of nitrogens with one attached hydrogen (secondary N) is 2. The summed E-state index contributed by atoms with van der Waals surface area (Å²) in [6, 6.07) is 14.9. The van der Waals surface area contributed by atoms with E-state index in [-0.39, 0.29) is 5.56 Å². The number of hydrogen-bond acceptors (Lipinski definition) is 4. The molecule has 0 radical (unpaired) electrons. The molecule has 0 bridgehead atoms. The molecule has 2 N–H and O–H groups in total. The maximum Gasteiger partial charge on any atom is 0.253 e. The van der Waals surface area contributed by atoms with Crippen LogP contribution in [-0.2, 0) is 6.54 Å². The molecule has 1 aromatic heterocycles. The molecule has 5 nitrogen and oxygen atoms in total. The van der Waals surface area contributed by atoms with Gasteiger partial charge < -0.3 is 15.0 Å². The second-order valence-electron chi connectivity index (χ2n) is 5.21. The molecule has 1 heterocycles. The lowest BCUT2D eigenvalue weighted by Crippen LogP contribution is -2.15. The average molecular weight is 384 g/mol. The number of benzene rings is 2. The van der Waals surface area contributed by atoms with E-state index in [0.717, 1.165) is 21.1 Å². The van der Waals surface area contributed by atoms with Crippen LogP contribution in [0.5, 0.6) is 5.75 Å². The number of aromatic nitrogens is 1. The maximum absolute atomic E-state index is 12.2. The number of pyridine rings is 1. The smallest absolute Gasteiger partial charge is 0.253 e. The first-order valence-corrected chi connectivity index (χ1v) is 8.04. The summed E-state index contributed by atoms with van der Waals surface area (Å²) in [6.07, 6.45) is 0. The van der Waals surface area contributed by atoms with Crippen LogP contribution in [0, 0.1) is 11.3 Å². The maximum atomic E-state index is 12.2. The molecule has 0 aliphatic carbocycles. The van der Waals surface area contributed by atoms with Crippen molar-refractivity contribution < 1.29 is 4.74 Å². The molecule has 0 spiro atoms. The molecular formula is C18H14BrN3O2. The van der Waals surface area contributed by atoms with Gasteiger partial charge in [0.15, 0.2) is 0 Å². The third kappa shape index (κ3) is 3.12. The Balaban J connectivity index is 1.87. The van der Waals surface area contributed by atoms with Crippen molar-refractivity contribution in [3.63, 3.8) is 0 Å². The Kier molecular flexibility index (Phi) is 4.54. The minimum atomic E-state index is -0.137. The van der Waals surface area contributed by atoms with Gasteiger partial charge in [-0.05, 0) is 45.6 Å². The van der Waals surface area contributed by atoms with Gasteiger partial charge in [-0.3, -0.25) is 4.79 Å². The Labute approximate surface area is 147 Å². The lowest BCUT2D eigenvalue weighted by atomic mass is 10.1. The van der Waals surface area contributed by atoms with Crippen molar-refractivity contribution in [1.29, 1.82) is 5.26 Å². The number of nitrogens with zero attached hydrogens (tertiary/aromatic N) is 1. The van der Waals surface area contributed by atoms with Crippen molar-refractivity contribution in [3.8, 4) is 11.8 Å². The predicted molar refractivity (Wildman–Crippen MR) is 97.3 cm³/mol. The van der Waals surface area contributed by atoms with Crippen molar-refractivity contribution in [3.05, 3.63) is 68.4 Å². The van der Waals surface area contributed by atoms with Gasteiger partial charge in [0, 0.05) is 28.3 Å². The summed E-state index contributed by atoms with van der Waals surface area (Å²) in [5, 5.41) is 13.2. The van der Waals surface area contributed by atoms with E-state index in [1.54, 1.807) is 18.2 Å². The van der Waals surface area contributed by atoms with Crippen molar-refractivity contribution >= 4 is 32.5 Å². The van der Waals surface area contributed by atoms with Crippen LogP contribution in [0.4, 0.5) is 5.69 Å². The normalized spacial score (nSPS) is 10.4. The van der Waals surface area contributed by atoms with E-state index >= 15 is 0 Å². The van der Waals surface area contributed by atoms with E-state index in [4.69, 9.17) is 10.00 Å². The summed E-state index contributed by atoms with van der Waals surface area (Å²) in [4.78, 5) is 15.1. The lowest BCUT2D eigenvalue weighted by Gasteiger charge is -2.10. The van der Waals surface area contributed by atoms with Crippen LogP contribution in [0.1, 0.15) is 11.1 Å². The van der Waals surface area contributed by atoms with Crippen LogP contribution in [0.2, 0.25) is 0 Å². The highest BCUT2D eigenvalue weighted by molar-refractivity contribution is 9.10. The molecule has 0 aliphatic rings. The molecule has 120 valence electrons. The molecule has 3 aromatic rings. The number of H-pyrrole nitrogens is 1. The summed E-state index contributed by atoms with van der Waals surface area (Å²) < 4.78 is 6.04. The standard InChI is InChI=1S/C18H14BrN3O2/c1-24-16-8-14(6-5-12(16)9-20)21-10-13-7-11-3-2-4-15(19)17(11)22-18(13)23/h2-8,21H,10H2,1H3,(H,22,23). The van der Waals surface area contributed by atoms with Crippen LogP contribution >= 0.6 is 15.9 Å². The number of ether oxygens (including phenoxy) is 1. The zero-order valence-electron chi connectivity index (χ0n) is 12.9. The van der Waals surface area contributed by atoms with E-state index in [0.29, 0.717) is 23.4 Å². The summed E-state index contributed by atoms with van der Waals surface area (Å²) in [5.74, 6) is 0.499. The molecule has 3 rings (SSSR count). The first-order valence-electron chi connectivity index (χ1n) is 7.25. The van der Waals surface area contributed by atoms with Gasteiger partial charge in [0.25, 0.3) is 5.56 Å². The summed E-state index contributed by atoms with van der Waals surface area (Å²) in [7, 11) is 1.52. The lowest BCUT2D eigenvalue weighted by molar-refractivity contribution is 0.413. The highest BCUT2D eigenvalue weighted by atomic mass is 79.9. The fourth-order valence-electron chi connectivity index (χ4n) is 2.46. The minimum Gasteiger partial charge on any atom is -0.495 e. The second kappa shape index (κ2) is 6.77. The Morgan fingerprint density at radius 2 is 2.12 bits per heavy atom. The highest BCUT2D eigenvalue weighted by Crippen LogP contribution is 2.23.